The average molecular weight is 507 g/mol. The Labute approximate surface area is 202 Å². The Hall–Kier alpha value is -2.48. The van der Waals surface area contributed by atoms with E-state index in [9.17, 15) is 17.6 Å². The molecule has 4 rings (SSSR count). The van der Waals surface area contributed by atoms with Gasteiger partial charge in [-0.2, -0.15) is 0 Å². The third-order valence-corrected chi connectivity index (χ3v) is 8.31. The van der Waals surface area contributed by atoms with E-state index in [2.05, 4.69) is 4.98 Å². The van der Waals surface area contributed by atoms with Crippen LogP contribution in [0, 0.1) is 5.82 Å². The normalized spacial score (nSPS) is 14.9. The lowest BCUT2D eigenvalue weighted by molar-refractivity contribution is 0.0706. The van der Waals surface area contributed by atoms with Gasteiger partial charge in [-0.15, -0.1) is 0 Å². The summed E-state index contributed by atoms with van der Waals surface area (Å²) in [6.07, 6.45) is 1.52. The van der Waals surface area contributed by atoms with Crippen LogP contribution in [0.15, 0.2) is 65.6 Å². The zero-order valence-corrected chi connectivity index (χ0v) is 19.9. The lowest BCUT2D eigenvalue weighted by Gasteiger charge is -2.32. The van der Waals surface area contributed by atoms with E-state index in [4.69, 9.17) is 23.2 Å². The van der Waals surface area contributed by atoms with Crippen molar-refractivity contribution in [2.75, 3.05) is 13.1 Å². The van der Waals surface area contributed by atoms with E-state index in [0.29, 0.717) is 13.1 Å². The molecule has 1 aliphatic heterocycles. The Kier molecular flexibility index (Phi) is 7.02. The van der Waals surface area contributed by atoms with Crippen molar-refractivity contribution in [3.05, 3.63) is 93.5 Å². The highest BCUT2D eigenvalue weighted by Gasteiger charge is 2.27. The zero-order valence-electron chi connectivity index (χ0n) is 17.5. The predicted molar refractivity (Wildman–Crippen MR) is 126 cm³/mol. The summed E-state index contributed by atoms with van der Waals surface area (Å²) in [4.78, 5) is 18.9. The largest absolute Gasteiger partial charge is 0.337 e. The molecule has 0 aliphatic carbocycles. The lowest BCUT2D eigenvalue weighted by atomic mass is 9.89. The molecule has 9 heteroatoms. The van der Waals surface area contributed by atoms with E-state index in [1.807, 2.05) is 0 Å². The fourth-order valence-electron chi connectivity index (χ4n) is 4.04. The first kappa shape index (κ1) is 23.7. The number of halogens is 3. The molecule has 0 radical (unpaired) electrons. The predicted octanol–water partition coefficient (Wildman–Crippen LogP) is 5.52. The molecular weight excluding hydrogens is 486 g/mol. The molecule has 1 amide bonds. The van der Waals surface area contributed by atoms with Crippen molar-refractivity contribution in [2.45, 2.75) is 29.4 Å². The quantitative estimate of drug-likeness (QED) is 0.456. The Balaban J connectivity index is 1.46. The van der Waals surface area contributed by atoms with Gasteiger partial charge in [-0.05, 0) is 60.7 Å². The van der Waals surface area contributed by atoms with E-state index < -0.39 is 15.6 Å². The molecule has 2 heterocycles. The van der Waals surface area contributed by atoms with Gasteiger partial charge >= 0.3 is 0 Å². The van der Waals surface area contributed by atoms with E-state index >= 15 is 0 Å². The Morgan fingerprint density at radius 1 is 0.970 bits per heavy atom. The molecule has 1 aromatic heterocycles. The Bertz CT molecular complexity index is 1250. The van der Waals surface area contributed by atoms with Gasteiger partial charge < -0.3 is 4.90 Å². The van der Waals surface area contributed by atoms with Crippen molar-refractivity contribution >= 4 is 38.9 Å². The maximum atomic E-state index is 13.2. The first-order valence-corrected chi connectivity index (χ1v) is 12.8. The summed E-state index contributed by atoms with van der Waals surface area (Å²) in [5, 5.41) is 0.0810. The number of rotatable bonds is 5. The number of aromatic nitrogens is 1. The monoisotopic (exact) mass is 506 g/mol. The van der Waals surface area contributed by atoms with E-state index in [-0.39, 0.29) is 44.0 Å². The molecule has 5 nitrogen and oxygen atoms in total. The highest BCUT2D eigenvalue weighted by atomic mass is 35.5. The number of hydrogen-bond donors (Lipinski definition) is 0. The number of nitrogens with zero attached hydrogens (tertiary/aromatic N) is 2. The highest BCUT2D eigenvalue weighted by molar-refractivity contribution is 7.90. The van der Waals surface area contributed by atoms with Crippen molar-refractivity contribution in [2.24, 2.45) is 0 Å². The average Bonchev–Trinajstić information content (AvgIpc) is 2.79. The van der Waals surface area contributed by atoms with Crippen LogP contribution in [-0.2, 0) is 15.6 Å². The molecule has 0 saturated carbocycles. The molecule has 1 fully saturated rings. The zero-order chi connectivity index (χ0) is 23.6. The van der Waals surface area contributed by atoms with E-state index in [1.165, 1.54) is 24.3 Å². The van der Waals surface area contributed by atoms with Crippen molar-refractivity contribution in [1.82, 2.24) is 9.88 Å². The fourth-order valence-corrected chi connectivity index (χ4v) is 6.57. The molecule has 2 aromatic carbocycles. The molecule has 0 unspecified atom stereocenters. The van der Waals surface area contributed by atoms with Crippen LogP contribution in [-0.4, -0.2) is 37.3 Å². The summed E-state index contributed by atoms with van der Waals surface area (Å²) in [6.45, 7) is 1.08. The first-order valence-electron chi connectivity index (χ1n) is 10.4. The summed E-state index contributed by atoms with van der Waals surface area (Å²) in [7, 11) is -3.86. The van der Waals surface area contributed by atoms with Crippen LogP contribution >= 0.6 is 23.2 Å². The molecule has 33 heavy (non-hydrogen) atoms. The Morgan fingerprint density at radius 2 is 1.58 bits per heavy atom. The van der Waals surface area contributed by atoms with Gasteiger partial charge in [0.15, 0.2) is 9.84 Å². The standard InChI is InChI=1S/C24H21Cl2FN2O3S/c25-20-4-2-5-21(26)23(20)33(31,32)15-19-3-1-6-22(28-19)24(30)29-13-11-17(12-14-29)16-7-9-18(27)10-8-16/h1-10,17H,11-15H2. The van der Waals surface area contributed by atoms with Crippen LogP contribution in [0.1, 0.15) is 40.5 Å². The van der Waals surface area contributed by atoms with Crippen LogP contribution in [0.3, 0.4) is 0 Å². The number of benzene rings is 2. The second-order valence-corrected chi connectivity index (χ2v) is 10.7. The molecule has 0 atom stereocenters. The highest BCUT2D eigenvalue weighted by Crippen LogP contribution is 2.32. The second-order valence-electron chi connectivity index (χ2n) is 7.94. The van der Waals surface area contributed by atoms with Crippen LogP contribution in [0.4, 0.5) is 4.39 Å². The minimum atomic E-state index is -3.86. The van der Waals surface area contributed by atoms with Gasteiger partial charge in [0.05, 0.1) is 21.5 Å². The van der Waals surface area contributed by atoms with Crippen LogP contribution in [0.25, 0.3) is 0 Å². The first-order chi connectivity index (χ1) is 15.7. The van der Waals surface area contributed by atoms with Gasteiger partial charge in [0.25, 0.3) is 5.91 Å². The van der Waals surface area contributed by atoms with Gasteiger partial charge in [-0.25, -0.2) is 17.8 Å². The number of pyridine rings is 1. The van der Waals surface area contributed by atoms with E-state index in [1.54, 1.807) is 41.3 Å². The molecule has 1 aliphatic rings. The van der Waals surface area contributed by atoms with Crippen LogP contribution in [0.2, 0.25) is 10.0 Å². The molecule has 172 valence electrons. The number of piperidine rings is 1. The fraction of sp³-hybridized carbons (Fsp3) is 0.250. The van der Waals surface area contributed by atoms with Crippen molar-refractivity contribution in [3.63, 3.8) is 0 Å². The second kappa shape index (κ2) is 9.79. The topological polar surface area (TPSA) is 67.3 Å². The number of carbonyl (C=O) groups is 1. The minimum Gasteiger partial charge on any atom is -0.337 e. The van der Waals surface area contributed by atoms with Crippen molar-refractivity contribution in [1.29, 1.82) is 0 Å². The molecule has 0 N–H and O–H groups in total. The maximum Gasteiger partial charge on any atom is 0.272 e. The number of hydrogen-bond acceptors (Lipinski definition) is 4. The van der Waals surface area contributed by atoms with Crippen LogP contribution in [0.5, 0.6) is 0 Å². The van der Waals surface area contributed by atoms with Gasteiger partial charge in [0, 0.05) is 13.1 Å². The van der Waals surface area contributed by atoms with Crippen molar-refractivity contribution in [3.8, 4) is 0 Å². The smallest absolute Gasteiger partial charge is 0.272 e. The van der Waals surface area contributed by atoms with Gasteiger partial charge in [-0.1, -0.05) is 47.5 Å². The summed E-state index contributed by atoms with van der Waals surface area (Å²) in [5.41, 5.74) is 1.48. The third kappa shape index (κ3) is 5.37. The maximum absolute atomic E-state index is 13.2. The number of likely N-dealkylation sites (tertiary alicyclic amines) is 1. The molecular formula is C24H21Cl2FN2O3S. The number of amides is 1. The molecule has 0 spiro atoms. The summed E-state index contributed by atoms with van der Waals surface area (Å²) < 4.78 is 39.0. The molecule has 1 saturated heterocycles. The van der Waals surface area contributed by atoms with Gasteiger partial charge in [-0.3, -0.25) is 4.79 Å². The van der Waals surface area contributed by atoms with Gasteiger partial charge in [0.1, 0.15) is 16.4 Å². The SMILES string of the molecule is O=C(c1cccc(CS(=O)(=O)c2c(Cl)cccc2Cl)n1)N1CCC(c2ccc(F)cc2)CC1. The van der Waals surface area contributed by atoms with Gasteiger partial charge in [0.2, 0.25) is 0 Å². The summed E-state index contributed by atoms with van der Waals surface area (Å²) in [5.74, 6) is -0.678. The number of carbonyl (C=O) groups excluding carboxylic acids is 1. The minimum absolute atomic E-state index is 0.0405. The molecule has 0 bridgehead atoms. The molecule has 3 aromatic rings. The van der Waals surface area contributed by atoms with Crippen molar-refractivity contribution < 1.29 is 17.6 Å². The Morgan fingerprint density at radius 3 is 2.21 bits per heavy atom. The van der Waals surface area contributed by atoms with Crippen LogP contribution < -0.4 is 0 Å². The summed E-state index contributed by atoms with van der Waals surface area (Å²) in [6, 6.07) is 15.7. The number of sulfone groups is 1. The summed E-state index contributed by atoms with van der Waals surface area (Å²) >= 11 is 12.1. The lowest BCUT2D eigenvalue weighted by Crippen LogP contribution is -2.38. The van der Waals surface area contributed by atoms with E-state index in [0.717, 1.165) is 18.4 Å². The third-order valence-electron chi connectivity index (χ3n) is 5.72.